The van der Waals surface area contributed by atoms with Crippen LogP contribution in [0.2, 0.25) is 0 Å². The summed E-state index contributed by atoms with van der Waals surface area (Å²) in [7, 11) is 0. The first kappa shape index (κ1) is 14.0. The summed E-state index contributed by atoms with van der Waals surface area (Å²) >= 11 is 1.75. The third kappa shape index (κ3) is 4.04. The fourth-order valence-electron chi connectivity index (χ4n) is 2.01. The second kappa shape index (κ2) is 6.64. The van der Waals surface area contributed by atoms with Crippen molar-refractivity contribution in [2.75, 3.05) is 13.2 Å². The van der Waals surface area contributed by atoms with Crippen molar-refractivity contribution in [1.29, 1.82) is 0 Å². The molecule has 3 nitrogen and oxygen atoms in total. The molecule has 1 aromatic heterocycles. The maximum absolute atomic E-state index is 5.84. The van der Waals surface area contributed by atoms with Gasteiger partial charge in [0.1, 0.15) is 11.1 Å². The van der Waals surface area contributed by atoms with Crippen LogP contribution in [0.25, 0.3) is 0 Å². The van der Waals surface area contributed by atoms with Gasteiger partial charge in [-0.3, -0.25) is 0 Å². The highest BCUT2D eigenvalue weighted by Gasteiger charge is 2.34. The molecule has 1 saturated carbocycles. The van der Waals surface area contributed by atoms with E-state index in [1.807, 2.05) is 0 Å². The van der Waals surface area contributed by atoms with Gasteiger partial charge in [-0.05, 0) is 38.1 Å². The molecule has 1 unspecified atom stereocenters. The maximum Gasteiger partial charge on any atom is 0.122 e. The SMILES string of the molecule is CCOC(c1nc(CNCC(C)C)cs1)C1CC1. The Bertz CT molecular complexity index is 360. The lowest BCUT2D eigenvalue weighted by Crippen LogP contribution is -2.19. The zero-order chi connectivity index (χ0) is 13.0. The molecule has 102 valence electrons. The molecule has 0 bridgehead atoms. The second-order valence-electron chi connectivity index (χ2n) is 5.42. The lowest BCUT2D eigenvalue weighted by Gasteiger charge is -2.13. The van der Waals surface area contributed by atoms with Gasteiger partial charge in [0, 0.05) is 18.5 Å². The highest BCUT2D eigenvalue weighted by Crippen LogP contribution is 2.44. The molecule has 18 heavy (non-hydrogen) atoms. The third-order valence-corrected chi connectivity index (χ3v) is 4.02. The first-order valence-electron chi connectivity index (χ1n) is 6.97. The summed E-state index contributed by atoms with van der Waals surface area (Å²) in [6.45, 7) is 9.20. The van der Waals surface area contributed by atoms with E-state index in [2.05, 4.69) is 31.5 Å². The predicted octanol–water partition coefficient (Wildman–Crippen LogP) is 3.38. The highest BCUT2D eigenvalue weighted by atomic mass is 32.1. The Kier molecular flexibility index (Phi) is 5.15. The Balaban J connectivity index is 1.87. The van der Waals surface area contributed by atoms with Gasteiger partial charge in [0.15, 0.2) is 0 Å². The van der Waals surface area contributed by atoms with E-state index in [0.717, 1.165) is 25.4 Å². The Hall–Kier alpha value is -0.450. The molecule has 1 heterocycles. The molecule has 1 atom stereocenters. The summed E-state index contributed by atoms with van der Waals surface area (Å²) in [5.74, 6) is 1.40. The molecule has 0 amide bonds. The molecule has 1 aromatic rings. The average molecular weight is 268 g/mol. The van der Waals surface area contributed by atoms with Crippen molar-refractivity contribution in [2.24, 2.45) is 11.8 Å². The molecule has 2 rings (SSSR count). The molecule has 1 aliphatic rings. The number of hydrogen-bond donors (Lipinski definition) is 1. The van der Waals surface area contributed by atoms with Gasteiger partial charge in [-0.1, -0.05) is 13.8 Å². The van der Waals surface area contributed by atoms with E-state index in [1.165, 1.54) is 17.8 Å². The van der Waals surface area contributed by atoms with Crippen molar-refractivity contribution in [1.82, 2.24) is 10.3 Å². The molecule has 0 aliphatic heterocycles. The smallest absolute Gasteiger partial charge is 0.122 e. The Morgan fingerprint density at radius 1 is 1.50 bits per heavy atom. The molecule has 0 saturated heterocycles. The van der Waals surface area contributed by atoms with Gasteiger partial charge < -0.3 is 10.1 Å². The summed E-state index contributed by atoms with van der Waals surface area (Å²) in [5.41, 5.74) is 1.15. The molecular weight excluding hydrogens is 244 g/mol. The van der Waals surface area contributed by atoms with E-state index in [-0.39, 0.29) is 6.10 Å². The molecule has 0 aromatic carbocycles. The van der Waals surface area contributed by atoms with Gasteiger partial charge in [0.25, 0.3) is 0 Å². The molecule has 0 spiro atoms. The first-order valence-corrected chi connectivity index (χ1v) is 7.85. The third-order valence-electron chi connectivity index (χ3n) is 3.07. The highest BCUT2D eigenvalue weighted by molar-refractivity contribution is 7.09. The standard InChI is InChI=1S/C14H24N2OS/c1-4-17-13(11-5-6-11)14-16-12(9-18-14)8-15-7-10(2)3/h9-11,13,15H,4-8H2,1-3H3. The number of thiazole rings is 1. The van der Waals surface area contributed by atoms with Gasteiger partial charge in [-0.15, -0.1) is 11.3 Å². The number of aromatic nitrogens is 1. The molecule has 1 aliphatic carbocycles. The molecule has 4 heteroatoms. The minimum Gasteiger partial charge on any atom is -0.371 e. The van der Waals surface area contributed by atoms with E-state index < -0.39 is 0 Å². The van der Waals surface area contributed by atoms with Crippen LogP contribution >= 0.6 is 11.3 Å². The normalized spacial score (nSPS) is 17.3. The fourth-order valence-corrected chi connectivity index (χ4v) is 2.97. The maximum atomic E-state index is 5.84. The fraction of sp³-hybridized carbons (Fsp3) is 0.786. The number of nitrogens with zero attached hydrogens (tertiary/aromatic N) is 1. The van der Waals surface area contributed by atoms with Crippen molar-refractivity contribution >= 4 is 11.3 Å². The monoisotopic (exact) mass is 268 g/mol. The van der Waals surface area contributed by atoms with Crippen LogP contribution in [0.4, 0.5) is 0 Å². The van der Waals surface area contributed by atoms with Gasteiger partial charge in [0.2, 0.25) is 0 Å². The first-order chi connectivity index (χ1) is 8.70. The summed E-state index contributed by atoms with van der Waals surface area (Å²) in [6.07, 6.45) is 2.84. The number of nitrogens with one attached hydrogen (secondary N) is 1. The molecule has 0 radical (unpaired) electrons. The topological polar surface area (TPSA) is 34.1 Å². The number of ether oxygens (including phenoxy) is 1. The van der Waals surface area contributed by atoms with Gasteiger partial charge in [-0.2, -0.15) is 0 Å². The predicted molar refractivity (Wildman–Crippen MR) is 75.7 cm³/mol. The van der Waals surface area contributed by atoms with Crippen molar-refractivity contribution in [3.8, 4) is 0 Å². The number of hydrogen-bond acceptors (Lipinski definition) is 4. The van der Waals surface area contributed by atoms with E-state index in [9.17, 15) is 0 Å². The minimum atomic E-state index is 0.249. The summed E-state index contributed by atoms with van der Waals surface area (Å²) in [6, 6.07) is 0. The van der Waals surface area contributed by atoms with Crippen LogP contribution in [-0.2, 0) is 11.3 Å². The van der Waals surface area contributed by atoms with Crippen LogP contribution in [-0.4, -0.2) is 18.1 Å². The van der Waals surface area contributed by atoms with Crippen LogP contribution in [0.5, 0.6) is 0 Å². The van der Waals surface area contributed by atoms with Crippen LogP contribution in [0.1, 0.15) is 50.4 Å². The van der Waals surface area contributed by atoms with E-state index >= 15 is 0 Å². The molecule has 1 N–H and O–H groups in total. The van der Waals surface area contributed by atoms with Crippen molar-refractivity contribution in [3.05, 3.63) is 16.1 Å². The van der Waals surface area contributed by atoms with Crippen molar-refractivity contribution in [3.63, 3.8) is 0 Å². The Labute approximate surface area is 114 Å². The van der Waals surface area contributed by atoms with E-state index in [4.69, 9.17) is 9.72 Å². The average Bonchev–Trinajstić information content (AvgIpc) is 3.06. The van der Waals surface area contributed by atoms with Gasteiger partial charge >= 0.3 is 0 Å². The van der Waals surface area contributed by atoms with Crippen LogP contribution in [0.3, 0.4) is 0 Å². The summed E-state index contributed by atoms with van der Waals surface area (Å²) in [4.78, 5) is 4.72. The van der Waals surface area contributed by atoms with Crippen LogP contribution in [0, 0.1) is 11.8 Å². The molecular formula is C14H24N2OS. The lowest BCUT2D eigenvalue weighted by atomic mass is 10.2. The minimum absolute atomic E-state index is 0.249. The largest absolute Gasteiger partial charge is 0.371 e. The summed E-state index contributed by atoms with van der Waals surface area (Å²) < 4.78 is 5.84. The van der Waals surface area contributed by atoms with Gasteiger partial charge in [0.05, 0.1) is 5.69 Å². The number of rotatable bonds is 8. The zero-order valence-electron chi connectivity index (χ0n) is 11.6. The van der Waals surface area contributed by atoms with E-state index in [1.54, 1.807) is 11.3 Å². The zero-order valence-corrected chi connectivity index (χ0v) is 12.4. The van der Waals surface area contributed by atoms with Gasteiger partial charge in [-0.25, -0.2) is 4.98 Å². The summed E-state index contributed by atoms with van der Waals surface area (Å²) in [5, 5.41) is 6.76. The van der Waals surface area contributed by atoms with Crippen LogP contribution in [0.15, 0.2) is 5.38 Å². The van der Waals surface area contributed by atoms with Crippen LogP contribution < -0.4 is 5.32 Å². The lowest BCUT2D eigenvalue weighted by molar-refractivity contribution is 0.0461. The van der Waals surface area contributed by atoms with Crippen molar-refractivity contribution < 1.29 is 4.74 Å². The quantitative estimate of drug-likeness (QED) is 0.785. The van der Waals surface area contributed by atoms with Crippen molar-refractivity contribution in [2.45, 2.75) is 46.3 Å². The molecule has 1 fully saturated rings. The second-order valence-corrected chi connectivity index (χ2v) is 6.30. The van der Waals surface area contributed by atoms with E-state index in [0.29, 0.717) is 11.8 Å². The Morgan fingerprint density at radius 2 is 2.28 bits per heavy atom. The Morgan fingerprint density at radius 3 is 2.89 bits per heavy atom.